The Kier molecular flexibility index (Phi) is 21.0. The molecule has 145 valence electrons. The van der Waals surface area contributed by atoms with Crippen LogP contribution in [0, 0.1) is 12.8 Å². The predicted octanol–water partition coefficient (Wildman–Crippen LogP) is 9.28. The van der Waals surface area contributed by atoms with Gasteiger partial charge in [-0.3, -0.25) is 0 Å². The van der Waals surface area contributed by atoms with Gasteiger partial charge in [-0.15, -0.1) is 0 Å². The zero-order valence-electron chi connectivity index (χ0n) is 17.4. The molecule has 0 aliphatic carbocycles. The van der Waals surface area contributed by atoms with E-state index in [1.54, 1.807) is 0 Å². The molecule has 0 spiro atoms. The number of hydrogen-bond acceptors (Lipinski definition) is 0. The molecule has 0 aromatic heterocycles. The van der Waals surface area contributed by atoms with Crippen molar-refractivity contribution in [3.8, 4) is 0 Å². The average molecular weight is 338 g/mol. The van der Waals surface area contributed by atoms with Crippen LogP contribution >= 0.6 is 0 Å². The van der Waals surface area contributed by atoms with E-state index in [4.69, 9.17) is 0 Å². The van der Waals surface area contributed by atoms with E-state index < -0.39 is 0 Å². The van der Waals surface area contributed by atoms with Crippen LogP contribution in [0.15, 0.2) is 0 Å². The molecule has 0 nitrogen and oxygen atoms in total. The lowest BCUT2D eigenvalue weighted by Crippen LogP contribution is -2.01. The van der Waals surface area contributed by atoms with Gasteiger partial charge in [-0.2, -0.15) is 0 Å². The monoisotopic (exact) mass is 337 g/mol. The molecule has 0 N–H and O–H groups in total. The standard InChI is InChI=1S/C24H49/c1-4-7-10-12-13-14-15-16-17-20-23-24(21-18-9-6-3)22-19-11-8-5-2/h24H,3-23H2,1-2H3. The second kappa shape index (κ2) is 21.0. The summed E-state index contributed by atoms with van der Waals surface area (Å²) >= 11 is 0. The molecule has 0 saturated heterocycles. The van der Waals surface area contributed by atoms with E-state index in [0.29, 0.717) is 0 Å². The minimum atomic E-state index is 1.02. The number of rotatable bonds is 20. The third-order valence-corrected chi connectivity index (χ3v) is 5.54. The van der Waals surface area contributed by atoms with Gasteiger partial charge in [0.15, 0.2) is 0 Å². The largest absolute Gasteiger partial charge is 0.0654 e. The Morgan fingerprint density at radius 2 is 0.792 bits per heavy atom. The molecule has 0 amide bonds. The molecule has 0 aromatic carbocycles. The van der Waals surface area contributed by atoms with E-state index in [0.717, 1.165) is 12.3 Å². The summed E-state index contributed by atoms with van der Waals surface area (Å²) in [4.78, 5) is 0. The van der Waals surface area contributed by atoms with Gasteiger partial charge in [0.25, 0.3) is 0 Å². The van der Waals surface area contributed by atoms with E-state index in [1.165, 1.54) is 122 Å². The Morgan fingerprint density at radius 1 is 0.458 bits per heavy atom. The van der Waals surface area contributed by atoms with E-state index in [9.17, 15) is 0 Å². The van der Waals surface area contributed by atoms with Gasteiger partial charge in [0, 0.05) is 0 Å². The second-order valence-electron chi connectivity index (χ2n) is 8.04. The summed E-state index contributed by atoms with van der Waals surface area (Å²) < 4.78 is 0. The van der Waals surface area contributed by atoms with Crippen LogP contribution in [0.25, 0.3) is 0 Å². The molecule has 0 heterocycles. The Morgan fingerprint density at radius 3 is 1.21 bits per heavy atom. The molecule has 1 unspecified atom stereocenters. The van der Waals surface area contributed by atoms with E-state index in [2.05, 4.69) is 20.8 Å². The highest BCUT2D eigenvalue weighted by atomic mass is 14.1. The summed E-state index contributed by atoms with van der Waals surface area (Å²) in [5.41, 5.74) is 0. The maximum atomic E-state index is 4.00. The van der Waals surface area contributed by atoms with Crippen molar-refractivity contribution >= 4 is 0 Å². The maximum Gasteiger partial charge on any atom is -0.0414 e. The van der Waals surface area contributed by atoms with Gasteiger partial charge in [0.05, 0.1) is 0 Å². The Labute approximate surface area is 155 Å². The first-order chi connectivity index (χ1) is 11.8. The Bertz CT molecular complexity index is 208. The first-order valence-electron chi connectivity index (χ1n) is 11.6. The van der Waals surface area contributed by atoms with E-state index in [-0.39, 0.29) is 0 Å². The normalized spacial score (nSPS) is 12.6. The molecule has 0 heteroatoms. The Balaban J connectivity index is 3.54. The molecule has 0 rings (SSSR count). The summed E-state index contributed by atoms with van der Waals surface area (Å²) in [6.07, 6.45) is 28.7. The maximum absolute atomic E-state index is 4.00. The topological polar surface area (TPSA) is 0 Å². The molecule has 1 atom stereocenters. The van der Waals surface area contributed by atoms with Gasteiger partial charge in [-0.1, -0.05) is 149 Å². The van der Waals surface area contributed by atoms with Crippen molar-refractivity contribution in [3.63, 3.8) is 0 Å². The van der Waals surface area contributed by atoms with E-state index in [1.807, 2.05) is 0 Å². The molecule has 24 heavy (non-hydrogen) atoms. The average Bonchev–Trinajstić information content (AvgIpc) is 2.59. The SMILES string of the molecule is [CH2]CCCCC(CCCCCC)CCCCCCCCCCCC. The highest BCUT2D eigenvalue weighted by molar-refractivity contribution is 4.62. The lowest BCUT2D eigenvalue weighted by Gasteiger charge is -2.16. The molecule has 1 radical (unpaired) electrons. The van der Waals surface area contributed by atoms with Crippen LogP contribution in [0.2, 0.25) is 0 Å². The van der Waals surface area contributed by atoms with Gasteiger partial charge in [-0.25, -0.2) is 0 Å². The second-order valence-corrected chi connectivity index (χ2v) is 8.04. The van der Waals surface area contributed by atoms with Gasteiger partial charge < -0.3 is 0 Å². The van der Waals surface area contributed by atoms with Crippen molar-refractivity contribution in [1.29, 1.82) is 0 Å². The smallest absolute Gasteiger partial charge is 0.0414 e. The fourth-order valence-corrected chi connectivity index (χ4v) is 3.82. The van der Waals surface area contributed by atoms with Gasteiger partial charge in [0.2, 0.25) is 0 Å². The molecular formula is C24H49. The summed E-state index contributed by atoms with van der Waals surface area (Å²) in [5, 5.41) is 0. The van der Waals surface area contributed by atoms with Crippen molar-refractivity contribution in [3.05, 3.63) is 6.92 Å². The quantitative estimate of drug-likeness (QED) is 0.194. The predicted molar refractivity (Wildman–Crippen MR) is 113 cm³/mol. The van der Waals surface area contributed by atoms with Crippen molar-refractivity contribution in [2.75, 3.05) is 0 Å². The van der Waals surface area contributed by atoms with Gasteiger partial charge in [-0.05, 0) is 5.92 Å². The number of hydrogen-bond donors (Lipinski definition) is 0. The van der Waals surface area contributed by atoms with Crippen LogP contribution in [0.3, 0.4) is 0 Å². The first kappa shape index (κ1) is 24.0. The summed E-state index contributed by atoms with van der Waals surface area (Å²) in [6.45, 7) is 8.61. The lowest BCUT2D eigenvalue weighted by atomic mass is 9.90. The van der Waals surface area contributed by atoms with Gasteiger partial charge in [0.1, 0.15) is 0 Å². The molecular weight excluding hydrogens is 288 g/mol. The molecule has 0 fully saturated rings. The fourth-order valence-electron chi connectivity index (χ4n) is 3.82. The zero-order chi connectivity index (χ0) is 17.7. The molecule has 0 bridgehead atoms. The summed E-state index contributed by atoms with van der Waals surface area (Å²) in [7, 11) is 0. The van der Waals surface area contributed by atoms with Crippen LogP contribution in [-0.4, -0.2) is 0 Å². The van der Waals surface area contributed by atoms with Crippen LogP contribution in [0.4, 0.5) is 0 Å². The molecule has 0 saturated carbocycles. The van der Waals surface area contributed by atoms with Crippen LogP contribution < -0.4 is 0 Å². The van der Waals surface area contributed by atoms with Crippen molar-refractivity contribution in [1.82, 2.24) is 0 Å². The third kappa shape index (κ3) is 18.3. The highest BCUT2D eigenvalue weighted by Gasteiger charge is 2.08. The highest BCUT2D eigenvalue weighted by Crippen LogP contribution is 2.24. The van der Waals surface area contributed by atoms with Crippen molar-refractivity contribution in [2.45, 2.75) is 142 Å². The Hall–Kier alpha value is 0. The van der Waals surface area contributed by atoms with Gasteiger partial charge >= 0.3 is 0 Å². The fraction of sp³-hybridized carbons (Fsp3) is 0.958. The summed E-state index contributed by atoms with van der Waals surface area (Å²) in [6, 6.07) is 0. The number of unbranched alkanes of at least 4 members (excludes halogenated alkanes) is 14. The third-order valence-electron chi connectivity index (χ3n) is 5.54. The van der Waals surface area contributed by atoms with Crippen molar-refractivity contribution < 1.29 is 0 Å². The van der Waals surface area contributed by atoms with Crippen LogP contribution in [-0.2, 0) is 0 Å². The molecule has 0 aromatic rings. The minimum absolute atomic E-state index is 1.02. The van der Waals surface area contributed by atoms with Crippen molar-refractivity contribution in [2.24, 2.45) is 5.92 Å². The van der Waals surface area contributed by atoms with Crippen LogP contribution in [0.1, 0.15) is 142 Å². The lowest BCUT2D eigenvalue weighted by molar-refractivity contribution is 0.369. The van der Waals surface area contributed by atoms with E-state index >= 15 is 0 Å². The molecule has 0 aliphatic rings. The zero-order valence-corrected chi connectivity index (χ0v) is 17.4. The first-order valence-corrected chi connectivity index (χ1v) is 11.6. The van der Waals surface area contributed by atoms with Crippen LogP contribution in [0.5, 0.6) is 0 Å². The summed E-state index contributed by atoms with van der Waals surface area (Å²) in [5.74, 6) is 1.02. The molecule has 0 aliphatic heterocycles. The minimum Gasteiger partial charge on any atom is -0.0654 e.